The van der Waals surface area contributed by atoms with Crippen molar-refractivity contribution in [2.45, 2.75) is 30.7 Å². The third-order valence-electron chi connectivity index (χ3n) is 6.37. The first-order chi connectivity index (χ1) is 17.7. The summed E-state index contributed by atoms with van der Waals surface area (Å²) in [5.74, 6) is -0.208. The molecule has 194 valence electrons. The molecule has 1 unspecified atom stereocenters. The molecule has 1 saturated heterocycles. The number of fused-ring (bicyclic) bond motifs is 1. The van der Waals surface area contributed by atoms with E-state index in [9.17, 15) is 22.5 Å². The molecule has 0 saturated carbocycles. The predicted octanol–water partition coefficient (Wildman–Crippen LogP) is 4.90. The standard InChI is InChI=1S/C21H22FN2OS.C7H8O3S/c1-23-19-13-16(22)7-10-20(19)26-21(23)11-6-15-4-8-17(9-5-15)24-12-2-3-18(24)14-25;1-6-2-4-7(5-3-6)11(8,9)10/h4-11,13,18,25H,2-3,12,14H2,1H3;2-5H,1H3,(H,8,9,10)/q+1;/p-1. The maximum atomic E-state index is 13.4. The minimum atomic E-state index is -4.27. The normalized spacial score (nSPS) is 15.8. The molecular formula is C28H29FN2O4S2. The molecule has 1 aromatic heterocycles. The number of nitrogens with zero attached hydrogens (tertiary/aromatic N) is 2. The van der Waals surface area contributed by atoms with E-state index >= 15 is 0 Å². The fraction of sp³-hybridized carbons (Fsp3) is 0.250. The summed E-state index contributed by atoms with van der Waals surface area (Å²) < 4.78 is 47.7. The first-order valence-corrected chi connectivity index (χ1v) is 14.1. The van der Waals surface area contributed by atoms with Crippen LogP contribution in [0.1, 0.15) is 29.0 Å². The lowest BCUT2D eigenvalue weighted by Gasteiger charge is -2.25. The third-order valence-corrected chi connectivity index (χ3v) is 8.40. The fourth-order valence-corrected chi connectivity index (χ4v) is 5.80. The largest absolute Gasteiger partial charge is 0.744 e. The van der Waals surface area contributed by atoms with Gasteiger partial charge in [-0.1, -0.05) is 41.2 Å². The van der Waals surface area contributed by atoms with Crippen molar-refractivity contribution >= 4 is 49.5 Å². The number of hydrogen-bond acceptors (Lipinski definition) is 6. The maximum absolute atomic E-state index is 13.4. The van der Waals surface area contributed by atoms with E-state index in [-0.39, 0.29) is 23.4 Å². The molecule has 1 aliphatic rings. The SMILES string of the molecule is C[n+]1c(C=Cc2ccc(N3CCCC3CO)cc2)sc2ccc(F)cc21.Cc1ccc(S(=O)(=O)[O-])cc1. The smallest absolute Gasteiger partial charge is 0.262 e. The number of aliphatic hydroxyl groups excluding tert-OH is 1. The molecule has 2 heterocycles. The molecule has 0 radical (unpaired) electrons. The van der Waals surface area contributed by atoms with Crippen LogP contribution in [0, 0.1) is 12.7 Å². The topological polar surface area (TPSA) is 84.5 Å². The molecule has 0 amide bonds. The van der Waals surface area contributed by atoms with Crippen LogP contribution in [-0.2, 0) is 17.2 Å². The van der Waals surface area contributed by atoms with Gasteiger partial charge in [-0.05, 0) is 67.8 Å². The molecule has 4 aromatic rings. The number of halogens is 1. The van der Waals surface area contributed by atoms with Gasteiger partial charge in [-0.25, -0.2) is 12.8 Å². The van der Waals surface area contributed by atoms with Crippen molar-refractivity contribution in [1.82, 2.24) is 0 Å². The number of aryl methyl sites for hydroxylation is 2. The molecule has 1 aliphatic heterocycles. The molecule has 1 fully saturated rings. The van der Waals surface area contributed by atoms with E-state index in [1.54, 1.807) is 29.5 Å². The fourth-order valence-electron chi connectivity index (χ4n) is 4.30. The van der Waals surface area contributed by atoms with E-state index in [2.05, 4.69) is 41.3 Å². The van der Waals surface area contributed by atoms with Crippen LogP contribution < -0.4 is 9.47 Å². The summed E-state index contributed by atoms with van der Waals surface area (Å²) >= 11 is 1.65. The number of aliphatic hydroxyl groups is 1. The van der Waals surface area contributed by atoms with Gasteiger partial charge in [-0.2, -0.15) is 4.57 Å². The Hall–Kier alpha value is -3.11. The van der Waals surface area contributed by atoms with Gasteiger partial charge >= 0.3 is 0 Å². The van der Waals surface area contributed by atoms with Gasteiger partial charge in [0.25, 0.3) is 5.01 Å². The van der Waals surface area contributed by atoms with Gasteiger partial charge < -0.3 is 14.6 Å². The Balaban J connectivity index is 0.000000245. The summed E-state index contributed by atoms with van der Waals surface area (Å²) in [5.41, 5.74) is 4.13. The van der Waals surface area contributed by atoms with Crippen molar-refractivity contribution in [2.75, 3.05) is 18.1 Å². The summed E-state index contributed by atoms with van der Waals surface area (Å²) in [6, 6.07) is 19.4. The monoisotopic (exact) mass is 540 g/mol. The molecule has 0 bridgehead atoms. The molecule has 0 spiro atoms. The number of anilines is 1. The Morgan fingerprint density at radius 3 is 2.46 bits per heavy atom. The van der Waals surface area contributed by atoms with E-state index in [0.717, 1.165) is 45.7 Å². The van der Waals surface area contributed by atoms with Crippen LogP contribution in [0.15, 0.2) is 71.6 Å². The second-order valence-corrected chi connectivity index (χ2v) is 11.4. The van der Waals surface area contributed by atoms with Crippen molar-refractivity contribution in [3.8, 4) is 0 Å². The van der Waals surface area contributed by atoms with Crippen LogP contribution in [-0.4, -0.2) is 37.3 Å². The zero-order valence-corrected chi connectivity index (χ0v) is 22.3. The Labute approximate surface area is 220 Å². The molecule has 3 aromatic carbocycles. The van der Waals surface area contributed by atoms with Crippen LogP contribution in [0.2, 0.25) is 0 Å². The summed E-state index contributed by atoms with van der Waals surface area (Å²) in [5, 5.41) is 10.6. The predicted molar refractivity (Wildman–Crippen MR) is 145 cm³/mol. The van der Waals surface area contributed by atoms with Crippen LogP contribution in [0.5, 0.6) is 0 Å². The Morgan fingerprint density at radius 1 is 1.11 bits per heavy atom. The first kappa shape index (κ1) is 26.9. The van der Waals surface area contributed by atoms with Gasteiger partial charge in [-0.15, -0.1) is 0 Å². The van der Waals surface area contributed by atoms with E-state index in [0.29, 0.717) is 0 Å². The average Bonchev–Trinajstić information content (AvgIpc) is 3.48. The van der Waals surface area contributed by atoms with E-state index in [1.165, 1.54) is 23.9 Å². The van der Waals surface area contributed by atoms with E-state index < -0.39 is 10.1 Å². The van der Waals surface area contributed by atoms with Crippen molar-refractivity contribution in [1.29, 1.82) is 0 Å². The van der Waals surface area contributed by atoms with Crippen LogP contribution in [0.25, 0.3) is 22.4 Å². The molecular weight excluding hydrogens is 511 g/mol. The van der Waals surface area contributed by atoms with Crippen LogP contribution in [0.3, 0.4) is 0 Å². The Bertz CT molecular complexity index is 1500. The van der Waals surface area contributed by atoms with Crippen molar-refractivity contribution in [3.63, 3.8) is 0 Å². The number of rotatable bonds is 5. The van der Waals surface area contributed by atoms with Gasteiger partial charge in [0.05, 0.1) is 17.5 Å². The molecule has 5 rings (SSSR count). The summed E-state index contributed by atoms with van der Waals surface area (Å²) in [6.45, 7) is 3.04. The summed E-state index contributed by atoms with van der Waals surface area (Å²) in [7, 11) is -2.31. The minimum Gasteiger partial charge on any atom is -0.744 e. The van der Waals surface area contributed by atoms with Gasteiger partial charge in [0.15, 0.2) is 0 Å². The maximum Gasteiger partial charge on any atom is 0.262 e. The molecule has 6 nitrogen and oxygen atoms in total. The highest BCUT2D eigenvalue weighted by molar-refractivity contribution is 7.85. The highest BCUT2D eigenvalue weighted by atomic mass is 32.2. The number of hydrogen-bond donors (Lipinski definition) is 1. The molecule has 0 aliphatic carbocycles. The van der Waals surface area contributed by atoms with Gasteiger partial charge in [-0.3, -0.25) is 0 Å². The Kier molecular flexibility index (Phi) is 8.39. The number of thiazole rings is 1. The summed E-state index contributed by atoms with van der Waals surface area (Å²) in [6.07, 6.45) is 6.35. The van der Waals surface area contributed by atoms with Gasteiger partial charge in [0.2, 0.25) is 5.52 Å². The zero-order chi connectivity index (χ0) is 26.6. The van der Waals surface area contributed by atoms with Crippen LogP contribution in [0.4, 0.5) is 10.1 Å². The summed E-state index contributed by atoms with van der Waals surface area (Å²) in [4.78, 5) is 2.11. The van der Waals surface area contributed by atoms with Crippen molar-refractivity contribution in [3.05, 3.63) is 88.7 Å². The van der Waals surface area contributed by atoms with Crippen LogP contribution >= 0.6 is 11.3 Å². The van der Waals surface area contributed by atoms with E-state index in [1.807, 2.05) is 24.6 Å². The van der Waals surface area contributed by atoms with E-state index in [4.69, 9.17) is 0 Å². The van der Waals surface area contributed by atoms with Crippen molar-refractivity contribution < 1.29 is 27.0 Å². The highest BCUT2D eigenvalue weighted by Gasteiger charge is 2.23. The lowest BCUT2D eigenvalue weighted by atomic mass is 10.1. The highest BCUT2D eigenvalue weighted by Crippen LogP contribution is 2.26. The van der Waals surface area contributed by atoms with Crippen molar-refractivity contribution in [2.24, 2.45) is 7.05 Å². The molecule has 9 heteroatoms. The molecule has 1 N–H and O–H groups in total. The Morgan fingerprint density at radius 2 is 1.81 bits per heavy atom. The van der Waals surface area contributed by atoms with Gasteiger partial charge in [0.1, 0.15) is 27.7 Å². The average molecular weight is 541 g/mol. The second kappa shape index (κ2) is 11.5. The number of aromatic nitrogens is 1. The minimum absolute atomic E-state index is 0.178. The zero-order valence-electron chi connectivity index (χ0n) is 20.7. The molecule has 1 atom stereocenters. The molecule has 37 heavy (non-hydrogen) atoms. The quantitative estimate of drug-likeness (QED) is 0.288. The second-order valence-electron chi connectivity index (χ2n) is 8.98. The first-order valence-electron chi connectivity index (χ1n) is 11.9. The third kappa shape index (κ3) is 6.61. The lowest BCUT2D eigenvalue weighted by Crippen LogP contribution is -2.31. The van der Waals surface area contributed by atoms with Gasteiger partial charge in [0, 0.05) is 24.4 Å². The number of benzene rings is 3. The lowest BCUT2D eigenvalue weighted by molar-refractivity contribution is -0.642.